The van der Waals surface area contributed by atoms with E-state index in [-0.39, 0.29) is 49.8 Å². The van der Waals surface area contributed by atoms with E-state index in [0.717, 1.165) is 36.3 Å². The molecule has 2 fully saturated rings. The third kappa shape index (κ3) is 10.3. The number of amides is 4. The summed E-state index contributed by atoms with van der Waals surface area (Å²) in [4.78, 5) is 66.5. The molecule has 0 aliphatic carbocycles. The molecule has 0 bridgehead atoms. The number of carbonyl (C=O) groups excluding carboxylic acids is 4. The molecule has 284 valence electrons. The van der Waals surface area contributed by atoms with E-state index < -0.39 is 42.3 Å². The van der Waals surface area contributed by atoms with Crippen molar-refractivity contribution in [2.24, 2.45) is 5.92 Å². The summed E-state index contributed by atoms with van der Waals surface area (Å²) in [5, 5.41) is 24.0. The van der Waals surface area contributed by atoms with Gasteiger partial charge >= 0.3 is 6.09 Å². The second kappa shape index (κ2) is 18.6. The normalized spacial score (nSPS) is 19.2. The molecule has 0 spiro atoms. The molecule has 4 amide bonds. The summed E-state index contributed by atoms with van der Waals surface area (Å²) in [6, 6.07) is 20.0. The lowest BCUT2D eigenvalue weighted by Crippen LogP contribution is -2.75. The van der Waals surface area contributed by atoms with Gasteiger partial charge in [-0.3, -0.25) is 19.2 Å². The van der Waals surface area contributed by atoms with Crippen LogP contribution in [0.5, 0.6) is 11.5 Å². The summed E-state index contributed by atoms with van der Waals surface area (Å²) in [6.45, 7) is 6.63. The summed E-state index contributed by atoms with van der Waals surface area (Å²) < 4.78 is 5.68. The van der Waals surface area contributed by atoms with Gasteiger partial charge < -0.3 is 30.1 Å². The van der Waals surface area contributed by atoms with Crippen molar-refractivity contribution in [3.05, 3.63) is 95.6 Å². The van der Waals surface area contributed by atoms with E-state index in [1.165, 1.54) is 34.1 Å². The molecule has 5 rings (SSSR count). The number of piperazine rings is 1. The molecular weight excluding hydrogens is 676 g/mol. The van der Waals surface area contributed by atoms with E-state index in [1.807, 2.05) is 37.3 Å². The van der Waals surface area contributed by atoms with E-state index >= 15 is 0 Å². The van der Waals surface area contributed by atoms with Crippen molar-refractivity contribution in [2.45, 2.75) is 96.5 Å². The largest absolute Gasteiger partial charge is 0.508 e. The zero-order valence-corrected chi connectivity index (χ0v) is 30.9. The van der Waals surface area contributed by atoms with Gasteiger partial charge in [-0.1, -0.05) is 88.2 Å². The number of ether oxygens (including phenoxy) is 1. The van der Waals surface area contributed by atoms with Crippen molar-refractivity contribution in [3.8, 4) is 11.5 Å². The first-order valence-corrected chi connectivity index (χ1v) is 18.7. The number of nitrogens with one attached hydrogen (secondary N) is 1. The van der Waals surface area contributed by atoms with Crippen molar-refractivity contribution < 1.29 is 39.0 Å². The highest BCUT2D eigenvalue weighted by molar-refractivity contribution is 5.95. The molecule has 4 atom stereocenters. The van der Waals surface area contributed by atoms with Crippen LogP contribution in [-0.4, -0.2) is 92.9 Å². The molecule has 3 aromatic carbocycles. The summed E-state index contributed by atoms with van der Waals surface area (Å²) in [6.07, 6.45) is 1.41. The molecule has 0 radical (unpaired) electrons. The van der Waals surface area contributed by atoms with Crippen molar-refractivity contribution in [2.75, 3.05) is 19.7 Å². The third-order valence-corrected chi connectivity index (χ3v) is 9.71. The maximum atomic E-state index is 14.9. The van der Waals surface area contributed by atoms with Gasteiger partial charge in [0.25, 0.3) is 5.91 Å². The van der Waals surface area contributed by atoms with Gasteiger partial charge in [-0.05, 0) is 66.1 Å². The number of rotatable bonds is 16. The number of hydrogen-bond donors (Lipinski definition) is 3. The Balaban J connectivity index is 1.54. The lowest BCUT2D eigenvalue weighted by molar-refractivity contribution is -0.267. The molecule has 2 aliphatic rings. The molecule has 1 unspecified atom stereocenters. The Morgan fingerprint density at radius 1 is 0.849 bits per heavy atom. The van der Waals surface area contributed by atoms with Crippen molar-refractivity contribution in [1.82, 2.24) is 20.2 Å². The Hall–Kier alpha value is -5.10. The molecule has 12 heteroatoms. The quantitative estimate of drug-likeness (QED) is 0.167. The van der Waals surface area contributed by atoms with Gasteiger partial charge in [0.2, 0.25) is 11.8 Å². The first-order chi connectivity index (χ1) is 25.5. The second-order valence-electron chi connectivity index (χ2n) is 14.2. The Bertz CT molecular complexity index is 1670. The fourth-order valence-electron chi connectivity index (χ4n) is 6.83. The second-order valence-corrected chi connectivity index (χ2v) is 14.2. The van der Waals surface area contributed by atoms with Crippen LogP contribution >= 0.6 is 0 Å². The molecule has 0 saturated carbocycles. The minimum Gasteiger partial charge on any atom is -0.508 e. The highest BCUT2D eigenvalue weighted by atomic mass is 16.7. The van der Waals surface area contributed by atoms with Crippen molar-refractivity contribution in [3.63, 3.8) is 0 Å². The van der Waals surface area contributed by atoms with Gasteiger partial charge in [-0.15, -0.1) is 0 Å². The molecule has 2 aliphatic heterocycles. The summed E-state index contributed by atoms with van der Waals surface area (Å²) in [5.41, 5.74) is 2.19. The van der Waals surface area contributed by atoms with Gasteiger partial charge in [0, 0.05) is 25.8 Å². The molecule has 3 N–H and O–H groups in total. The first-order valence-electron chi connectivity index (χ1n) is 18.7. The van der Waals surface area contributed by atoms with E-state index in [2.05, 4.69) is 19.2 Å². The average molecular weight is 729 g/mol. The fraction of sp³-hybridized carbons (Fsp3) is 0.463. The molecular formula is C41H52N4O8. The Morgan fingerprint density at radius 2 is 1.49 bits per heavy atom. The Morgan fingerprint density at radius 3 is 2.13 bits per heavy atom. The summed E-state index contributed by atoms with van der Waals surface area (Å²) in [5.74, 6) is -0.714. The van der Waals surface area contributed by atoms with Gasteiger partial charge in [-0.2, -0.15) is 5.06 Å². The summed E-state index contributed by atoms with van der Waals surface area (Å²) in [7, 11) is 0. The van der Waals surface area contributed by atoms with Gasteiger partial charge in [0.15, 0.2) is 12.3 Å². The standard InChI is InChI=1S/C41H52N4O8/c1-4-5-9-23-52-41(51)45-37-27-43(34(24-30-14-18-32(46)19-15-30)38(48)42-22-10-11-28(2)3)39(49)35(25-31-16-20-33(47)21-17-31)44(37)40(50)36(53-45)26-29-12-7-6-8-13-29/h6-8,12-21,28,34-37,46-47H,4-5,9-11,22-27H2,1-3H3,(H,42,48)/t34-,35-,36+,37?/m0/s1. The molecule has 3 aromatic rings. The van der Waals surface area contributed by atoms with Crippen LogP contribution in [0.3, 0.4) is 0 Å². The maximum Gasteiger partial charge on any atom is 0.436 e. The van der Waals surface area contributed by atoms with Crippen LogP contribution in [0.1, 0.15) is 69.6 Å². The molecule has 12 nitrogen and oxygen atoms in total. The number of nitrogens with zero attached hydrogens (tertiary/aromatic N) is 3. The van der Waals surface area contributed by atoms with Crippen LogP contribution in [0, 0.1) is 5.92 Å². The third-order valence-electron chi connectivity index (χ3n) is 9.71. The number of hydroxylamine groups is 2. The van der Waals surface area contributed by atoms with Crippen LogP contribution in [-0.2, 0) is 43.2 Å². The number of benzene rings is 3. The lowest BCUT2D eigenvalue weighted by Gasteiger charge is -2.53. The van der Waals surface area contributed by atoms with Crippen LogP contribution < -0.4 is 5.32 Å². The van der Waals surface area contributed by atoms with Crippen LogP contribution in [0.15, 0.2) is 78.9 Å². The fourth-order valence-corrected chi connectivity index (χ4v) is 6.83. The van der Waals surface area contributed by atoms with E-state index in [1.54, 1.807) is 24.3 Å². The average Bonchev–Trinajstić information content (AvgIpc) is 3.15. The lowest BCUT2D eigenvalue weighted by atomic mass is 9.94. The van der Waals surface area contributed by atoms with Crippen LogP contribution in [0.4, 0.5) is 4.79 Å². The van der Waals surface area contributed by atoms with E-state index in [9.17, 15) is 29.4 Å². The van der Waals surface area contributed by atoms with Crippen LogP contribution in [0.2, 0.25) is 0 Å². The zero-order valence-electron chi connectivity index (χ0n) is 30.9. The molecule has 2 saturated heterocycles. The SMILES string of the molecule is CCCCCOC(=O)N1O[C@H](Cc2ccccc2)C(=O)N2C1CN([C@@H](Cc1ccc(O)cc1)C(=O)NCCCC(C)C)C(=O)[C@@H]2Cc1ccc(O)cc1. The molecule has 0 aromatic heterocycles. The van der Waals surface area contributed by atoms with Crippen LogP contribution in [0.25, 0.3) is 0 Å². The maximum absolute atomic E-state index is 14.9. The van der Waals surface area contributed by atoms with Gasteiger partial charge in [-0.25, -0.2) is 4.79 Å². The number of fused-ring (bicyclic) bond motifs is 1. The Kier molecular flexibility index (Phi) is 13.7. The van der Waals surface area contributed by atoms with Gasteiger partial charge in [0.05, 0.1) is 13.2 Å². The topological polar surface area (TPSA) is 149 Å². The van der Waals surface area contributed by atoms with Crippen molar-refractivity contribution >= 4 is 23.8 Å². The highest BCUT2D eigenvalue weighted by Crippen LogP contribution is 2.32. The van der Waals surface area contributed by atoms with Crippen molar-refractivity contribution in [1.29, 1.82) is 0 Å². The molecule has 53 heavy (non-hydrogen) atoms. The predicted molar refractivity (Wildman–Crippen MR) is 198 cm³/mol. The number of aromatic hydroxyl groups is 2. The number of carbonyl (C=O) groups is 4. The Labute approximate surface area is 311 Å². The highest BCUT2D eigenvalue weighted by Gasteiger charge is 2.55. The summed E-state index contributed by atoms with van der Waals surface area (Å²) >= 11 is 0. The monoisotopic (exact) mass is 728 g/mol. The number of hydrogen-bond acceptors (Lipinski definition) is 8. The minimum absolute atomic E-state index is 0.0497. The van der Waals surface area contributed by atoms with E-state index in [0.29, 0.717) is 30.0 Å². The number of phenolic OH excluding ortho intramolecular Hbond substituents is 2. The predicted octanol–water partition coefficient (Wildman–Crippen LogP) is 5.35. The van der Waals surface area contributed by atoms with Gasteiger partial charge in [0.1, 0.15) is 23.6 Å². The zero-order chi connectivity index (χ0) is 37.9. The number of phenols is 2. The smallest absolute Gasteiger partial charge is 0.436 e. The minimum atomic E-state index is -1.13. The van der Waals surface area contributed by atoms with E-state index in [4.69, 9.17) is 9.57 Å². The first kappa shape index (κ1) is 39.1. The molecule has 2 heterocycles. The number of unbranched alkanes of at least 4 members (excludes halogenated alkanes) is 2.